The van der Waals surface area contributed by atoms with E-state index in [-0.39, 0.29) is 11.9 Å². The fourth-order valence-corrected chi connectivity index (χ4v) is 4.22. The van der Waals surface area contributed by atoms with E-state index in [0.717, 1.165) is 17.6 Å². The Hall–Kier alpha value is -3.98. The van der Waals surface area contributed by atoms with Crippen molar-refractivity contribution in [1.82, 2.24) is 30.2 Å². The molecular weight excluding hydrogens is 474 g/mol. The van der Waals surface area contributed by atoms with E-state index >= 15 is 0 Å². The lowest BCUT2D eigenvalue weighted by atomic mass is 10.0. The highest BCUT2D eigenvalue weighted by molar-refractivity contribution is 5.86. The maximum Gasteiger partial charge on any atom is 0.217 e. The highest BCUT2D eigenvalue weighted by atomic mass is 16.6. The SMILES string of the molecule is CCn1c(-c2nonc2N)nc2c(C#CC(C)(C)O)nc(O[C@@H](c3ccccc3)C3CNCCO3)cc21. The number of nitrogen functional groups attached to an aromatic ring is 1. The van der Waals surface area contributed by atoms with Crippen molar-refractivity contribution >= 4 is 16.9 Å². The van der Waals surface area contributed by atoms with Crippen LogP contribution in [0.4, 0.5) is 5.82 Å². The lowest BCUT2D eigenvalue weighted by Gasteiger charge is -2.31. The minimum atomic E-state index is -1.23. The average Bonchev–Trinajstić information content (AvgIpc) is 3.49. The van der Waals surface area contributed by atoms with Crippen molar-refractivity contribution < 1.29 is 19.2 Å². The summed E-state index contributed by atoms with van der Waals surface area (Å²) in [6.07, 6.45) is -0.630. The lowest BCUT2D eigenvalue weighted by molar-refractivity contribution is -0.0445. The summed E-state index contributed by atoms with van der Waals surface area (Å²) in [7, 11) is 0. The monoisotopic (exact) mass is 503 g/mol. The number of imidazole rings is 1. The number of aryl methyl sites for hydroxylation is 1. The minimum absolute atomic E-state index is 0.129. The van der Waals surface area contributed by atoms with Gasteiger partial charge in [0.05, 0.1) is 12.1 Å². The normalized spacial score (nSPS) is 16.8. The maximum atomic E-state index is 10.2. The van der Waals surface area contributed by atoms with Crippen LogP contribution in [-0.4, -0.2) is 61.4 Å². The number of rotatable bonds is 6. The van der Waals surface area contributed by atoms with Gasteiger partial charge in [-0.05, 0) is 42.6 Å². The molecular formula is C26H29N7O4. The van der Waals surface area contributed by atoms with Gasteiger partial charge in [0.1, 0.15) is 22.9 Å². The van der Waals surface area contributed by atoms with Crippen molar-refractivity contribution in [2.24, 2.45) is 0 Å². The van der Waals surface area contributed by atoms with Gasteiger partial charge < -0.3 is 30.2 Å². The molecule has 0 aliphatic carbocycles. The zero-order valence-corrected chi connectivity index (χ0v) is 20.9. The van der Waals surface area contributed by atoms with Crippen molar-refractivity contribution in [1.29, 1.82) is 0 Å². The second-order valence-corrected chi connectivity index (χ2v) is 9.23. The molecule has 5 rings (SSSR count). The predicted molar refractivity (Wildman–Crippen MR) is 137 cm³/mol. The fraction of sp³-hybridized carbons (Fsp3) is 0.385. The summed E-state index contributed by atoms with van der Waals surface area (Å²) in [4.78, 5) is 9.45. The van der Waals surface area contributed by atoms with E-state index in [0.29, 0.717) is 48.3 Å². The molecule has 192 valence electrons. The molecule has 1 unspecified atom stereocenters. The number of pyridine rings is 1. The zero-order chi connectivity index (χ0) is 26.0. The standard InChI is InChI=1S/C26H29N7O4/c1-4-33-18-14-20(36-23(16-8-6-5-7-9-16)19-15-28-12-13-35-19)29-17(10-11-26(2,3)34)21(18)30-25(33)22-24(27)32-37-31-22/h5-9,14,19,23,28,34H,4,12-13,15H2,1-3H3,(H2,27,32)/t19?,23-/m0/s1. The van der Waals surface area contributed by atoms with E-state index < -0.39 is 11.7 Å². The number of benzene rings is 1. The summed E-state index contributed by atoms with van der Waals surface area (Å²) >= 11 is 0. The van der Waals surface area contributed by atoms with Crippen molar-refractivity contribution in [3.8, 4) is 29.2 Å². The van der Waals surface area contributed by atoms with E-state index in [1.54, 1.807) is 13.8 Å². The number of aliphatic hydroxyl groups is 1. The number of hydrogen-bond donors (Lipinski definition) is 3. The Morgan fingerprint density at radius 1 is 1.27 bits per heavy atom. The van der Waals surface area contributed by atoms with Crippen LogP contribution in [0.5, 0.6) is 5.88 Å². The van der Waals surface area contributed by atoms with Crippen LogP contribution in [0.1, 0.15) is 38.1 Å². The molecule has 1 saturated heterocycles. The van der Waals surface area contributed by atoms with E-state index in [9.17, 15) is 5.11 Å². The van der Waals surface area contributed by atoms with Crippen LogP contribution in [0.25, 0.3) is 22.6 Å². The number of nitrogens with one attached hydrogen (secondary N) is 1. The van der Waals surface area contributed by atoms with Crippen LogP contribution in [0.2, 0.25) is 0 Å². The number of fused-ring (bicyclic) bond motifs is 1. The van der Waals surface area contributed by atoms with E-state index in [2.05, 4.69) is 27.5 Å². The molecule has 1 aromatic carbocycles. The number of nitrogens with two attached hydrogens (primary N) is 1. The van der Waals surface area contributed by atoms with Gasteiger partial charge in [-0.3, -0.25) is 0 Å². The second kappa shape index (κ2) is 10.2. The van der Waals surface area contributed by atoms with Crippen molar-refractivity contribution in [3.05, 3.63) is 47.7 Å². The molecule has 4 N–H and O–H groups in total. The van der Waals surface area contributed by atoms with Gasteiger partial charge in [-0.2, -0.15) is 0 Å². The Morgan fingerprint density at radius 3 is 2.73 bits per heavy atom. The average molecular weight is 504 g/mol. The molecule has 0 spiro atoms. The first-order valence-corrected chi connectivity index (χ1v) is 12.1. The summed E-state index contributed by atoms with van der Waals surface area (Å²) in [6.45, 7) is 7.76. The third kappa shape index (κ3) is 5.27. The van der Waals surface area contributed by atoms with Crippen molar-refractivity contribution in [2.45, 2.75) is 45.1 Å². The zero-order valence-electron chi connectivity index (χ0n) is 20.9. The number of anilines is 1. The molecule has 4 aromatic rings. The first-order chi connectivity index (χ1) is 17.8. The Morgan fingerprint density at radius 2 is 2.08 bits per heavy atom. The van der Waals surface area contributed by atoms with E-state index in [4.69, 9.17) is 29.8 Å². The smallest absolute Gasteiger partial charge is 0.217 e. The Bertz CT molecular complexity index is 1440. The molecule has 0 amide bonds. The second-order valence-electron chi connectivity index (χ2n) is 9.23. The van der Waals surface area contributed by atoms with Crippen LogP contribution in [-0.2, 0) is 11.3 Å². The molecule has 1 aliphatic heterocycles. The number of aromatic nitrogens is 5. The third-order valence-corrected chi connectivity index (χ3v) is 5.91. The summed E-state index contributed by atoms with van der Waals surface area (Å²) in [5.41, 5.74) is 7.64. The molecule has 2 atom stereocenters. The summed E-state index contributed by atoms with van der Waals surface area (Å²) < 4.78 is 19.3. The van der Waals surface area contributed by atoms with Gasteiger partial charge >= 0.3 is 0 Å². The Labute approximate surface area is 214 Å². The number of hydrogen-bond acceptors (Lipinski definition) is 10. The van der Waals surface area contributed by atoms with Crippen LogP contribution in [0.3, 0.4) is 0 Å². The van der Waals surface area contributed by atoms with Gasteiger partial charge in [0.25, 0.3) is 0 Å². The number of ether oxygens (including phenoxy) is 2. The maximum absolute atomic E-state index is 10.2. The van der Waals surface area contributed by atoms with E-state index in [1.165, 1.54) is 0 Å². The summed E-state index contributed by atoms with van der Waals surface area (Å²) in [6, 6.07) is 11.7. The Kier molecular flexibility index (Phi) is 6.80. The van der Waals surface area contributed by atoms with Gasteiger partial charge in [-0.25, -0.2) is 14.6 Å². The van der Waals surface area contributed by atoms with Crippen molar-refractivity contribution in [3.63, 3.8) is 0 Å². The molecule has 1 aliphatic rings. The van der Waals surface area contributed by atoms with E-state index in [1.807, 2.05) is 47.9 Å². The van der Waals surface area contributed by atoms with Crippen LogP contribution in [0.15, 0.2) is 41.0 Å². The lowest BCUT2D eigenvalue weighted by Crippen LogP contribution is -2.43. The van der Waals surface area contributed by atoms with Crippen LogP contribution < -0.4 is 15.8 Å². The summed E-state index contributed by atoms with van der Waals surface area (Å²) in [5, 5.41) is 21.2. The molecule has 11 nitrogen and oxygen atoms in total. The molecule has 37 heavy (non-hydrogen) atoms. The van der Waals surface area contributed by atoms with Gasteiger partial charge in [0.2, 0.25) is 5.88 Å². The third-order valence-electron chi connectivity index (χ3n) is 5.91. The summed E-state index contributed by atoms with van der Waals surface area (Å²) in [5.74, 6) is 6.77. The quantitative estimate of drug-likeness (QED) is 0.335. The number of morpholine rings is 1. The molecule has 3 aromatic heterocycles. The van der Waals surface area contributed by atoms with Crippen LogP contribution in [0, 0.1) is 11.8 Å². The topological polar surface area (TPSA) is 146 Å². The van der Waals surface area contributed by atoms with Gasteiger partial charge in [0, 0.05) is 25.7 Å². The molecule has 1 fully saturated rings. The fourth-order valence-electron chi connectivity index (χ4n) is 4.22. The van der Waals surface area contributed by atoms with Crippen molar-refractivity contribution in [2.75, 3.05) is 25.4 Å². The highest BCUT2D eigenvalue weighted by Gasteiger charge is 2.29. The first-order valence-electron chi connectivity index (χ1n) is 12.1. The molecule has 0 saturated carbocycles. The Balaban J connectivity index is 1.66. The molecule has 4 heterocycles. The first kappa shape index (κ1) is 24.7. The molecule has 11 heteroatoms. The van der Waals surface area contributed by atoms with Crippen LogP contribution >= 0.6 is 0 Å². The van der Waals surface area contributed by atoms with Gasteiger partial charge in [-0.1, -0.05) is 36.3 Å². The largest absolute Gasteiger partial charge is 0.467 e. The number of nitrogens with zero attached hydrogens (tertiary/aromatic N) is 5. The minimum Gasteiger partial charge on any atom is -0.467 e. The van der Waals surface area contributed by atoms with Gasteiger partial charge in [-0.15, -0.1) is 0 Å². The highest BCUT2D eigenvalue weighted by Crippen LogP contribution is 2.32. The molecule has 0 radical (unpaired) electrons. The molecule has 0 bridgehead atoms. The van der Waals surface area contributed by atoms with Gasteiger partial charge in [0.15, 0.2) is 23.4 Å². The predicted octanol–water partition coefficient (Wildman–Crippen LogP) is 2.31.